The standard InChI is InChI=1S/C22H29N5O2S/c1-22(28,18-15-26-27(2)16-18)17-25-21(23-11-10-19-7-6-13-29-19)24-12-14-30-20-8-4-3-5-9-20/h3-9,13,15-16,28H,10-12,14,17H2,1-2H3,(H2,23,24,25). The van der Waals surface area contributed by atoms with Crippen LogP contribution in [0.25, 0.3) is 0 Å². The van der Waals surface area contributed by atoms with E-state index in [0.29, 0.717) is 12.5 Å². The number of furan rings is 1. The molecular formula is C22H29N5O2S. The summed E-state index contributed by atoms with van der Waals surface area (Å²) < 4.78 is 7.06. The normalized spacial score (nSPS) is 13.8. The van der Waals surface area contributed by atoms with Gasteiger partial charge >= 0.3 is 0 Å². The Morgan fingerprint density at radius 2 is 2.00 bits per heavy atom. The van der Waals surface area contributed by atoms with Crippen molar-refractivity contribution in [1.82, 2.24) is 20.4 Å². The highest BCUT2D eigenvalue weighted by atomic mass is 32.2. The molecular weight excluding hydrogens is 398 g/mol. The van der Waals surface area contributed by atoms with Crippen molar-refractivity contribution in [2.75, 3.05) is 25.4 Å². The van der Waals surface area contributed by atoms with E-state index in [1.54, 1.807) is 35.8 Å². The van der Waals surface area contributed by atoms with Gasteiger partial charge in [0.25, 0.3) is 0 Å². The zero-order chi connectivity index (χ0) is 21.2. The Morgan fingerprint density at radius 3 is 2.70 bits per heavy atom. The molecule has 3 N–H and O–H groups in total. The molecule has 7 nitrogen and oxygen atoms in total. The molecule has 1 unspecified atom stereocenters. The molecule has 0 saturated carbocycles. The second-order valence-corrected chi connectivity index (χ2v) is 8.35. The van der Waals surface area contributed by atoms with Crippen LogP contribution >= 0.6 is 11.8 Å². The van der Waals surface area contributed by atoms with E-state index in [-0.39, 0.29) is 6.54 Å². The first-order valence-electron chi connectivity index (χ1n) is 9.97. The van der Waals surface area contributed by atoms with Crippen molar-refractivity contribution in [1.29, 1.82) is 0 Å². The lowest BCUT2D eigenvalue weighted by Gasteiger charge is -2.20. The van der Waals surface area contributed by atoms with Crippen molar-refractivity contribution in [2.45, 2.75) is 23.8 Å². The maximum atomic E-state index is 10.8. The number of aliphatic imine (C=N–C) groups is 1. The second kappa shape index (κ2) is 10.9. The van der Waals surface area contributed by atoms with Gasteiger partial charge in [0.1, 0.15) is 11.4 Å². The molecule has 0 spiro atoms. The molecule has 160 valence electrons. The summed E-state index contributed by atoms with van der Waals surface area (Å²) in [5.41, 5.74) is -0.355. The summed E-state index contributed by atoms with van der Waals surface area (Å²) in [7, 11) is 1.83. The van der Waals surface area contributed by atoms with Crippen molar-refractivity contribution in [3.05, 3.63) is 72.4 Å². The smallest absolute Gasteiger partial charge is 0.191 e. The summed E-state index contributed by atoms with van der Waals surface area (Å²) in [6.07, 6.45) is 5.91. The Labute approximate surface area is 181 Å². The molecule has 0 aliphatic rings. The predicted octanol–water partition coefficient (Wildman–Crippen LogP) is 2.79. The third-order valence-corrected chi connectivity index (χ3v) is 5.54. The van der Waals surface area contributed by atoms with Crippen molar-refractivity contribution in [2.24, 2.45) is 12.0 Å². The van der Waals surface area contributed by atoms with E-state index in [9.17, 15) is 5.11 Å². The number of benzene rings is 1. The number of rotatable bonds is 10. The fourth-order valence-corrected chi connectivity index (χ4v) is 3.60. The van der Waals surface area contributed by atoms with E-state index in [0.717, 1.165) is 30.0 Å². The van der Waals surface area contributed by atoms with E-state index in [2.05, 4.69) is 32.9 Å². The van der Waals surface area contributed by atoms with Gasteiger partial charge in [0.05, 0.1) is 19.0 Å². The molecule has 1 atom stereocenters. The maximum absolute atomic E-state index is 10.8. The molecule has 0 radical (unpaired) electrons. The van der Waals surface area contributed by atoms with Crippen LogP contribution in [0.5, 0.6) is 0 Å². The summed E-state index contributed by atoms with van der Waals surface area (Å²) in [5, 5.41) is 21.6. The summed E-state index contributed by atoms with van der Waals surface area (Å²) in [5.74, 6) is 2.49. The van der Waals surface area contributed by atoms with Gasteiger partial charge in [0.15, 0.2) is 5.96 Å². The lowest BCUT2D eigenvalue weighted by atomic mass is 10.0. The van der Waals surface area contributed by atoms with E-state index in [1.165, 1.54) is 4.90 Å². The first kappa shape index (κ1) is 22.0. The summed E-state index contributed by atoms with van der Waals surface area (Å²) in [4.78, 5) is 5.85. The van der Waals surface area contributed by atoms with Crippen LogP contribution in [0, 0.1) is 0 Å². The molecule has 8 heteroatoms. The Balaban J connectivity index is 1.55. The van der Waals surface area contributed by atoms with Crippen LogP contribution in [0.4, 0.5) is 0 Å². The van der Waals surface area contributed by atoms with Gasteiger partial charge in [-0.2, -0.15) is 5.10 Å². The van der Waals surface area contributed by atoms with Crippen LogP contribution < -0.4 is 10.6 Å². The van der Waals surface area contributed by atoms with Gasteiger partial charge in [-0.3, -0.25) is 4.68 Å². The molecule has 0 aliphatic carbocycles. The Hall–Kier alpha value is -2.71. The highest BCUT2D eigenvalue weighted by Crippen LogP contribution is 2.20. The molecule has 2 aromatic heterocycles. The highest BCUT2D eigenvalue weighted by molar-refractivity contribution is 7.99. The van der Waals surface area contributed by atoms with Crippen LogP contribution in [0.3, 0.4) is 0 Å². The third-order valence-electron chi connectivity index (χ3n) is 4.52. The van der Waals surface area contributed by atoms with Crippen LogP contribution in [-0.4, -0.2) is 46.2 Å². The molecule has 0 bridgehead atoms. The average Bonchev–Trinajstić information content (AvgIpc) is 3.42. The van der Waals surface area contributed by atoms with E-state index >= 15 is 0 Å². The largest absolute Gasteiger partial charge is 0.469 e. The fraction of sp³-hybridized carbons (Fsp3) is 0.364. The van der Waals surface area contributed by atoms with Crippen molar-refractivity contribution in [3.63, 3.8) is 0 Å². The van der Waals surface area contributed by atoms with Crippen LogP contribution in [-0.2, 0) is 19.1 Å². The molecule has 3 aromatic rings. The Kier molecular flexibility index (Phi) is 7.98. The fourth-order valence-electron chi connectivity index (χ4n) is 2.81. The van der Waals surface area contributed by atoms with Crippen molar-refractivity contribution < 1.29 is 9.52 Å². The minimum absolute atomic E-state index is 0.223. The van der Waals surface area contributed by atoms with Gasteiger partial charge in [-0.05, 0) is 31.2 Å². The number of aryl methyl sites for hydroxylation is 1. The summed E-state index contributed by atoms with van der Waals surface area (Å²) in [6, 6.07) is 14.1. The van der Waals surface area contributed by atoms with Crippen LogP contribution in [0.1, 0.15) is 18.2 Å². The zero-order valence-electron chi connectivity index (χ0n) is 17.4. The Bertz CT molecular complexity index is 907. The lowest BCUT2D eigenvalue weighted by molar-refractivity contribution is 0.0672. The monoisotopic (exact) mass is 427 g/mol. The molecule has 1 aromatic carbocycles. The summed E-state index contributed by atoms with van der Waals surface area (Å²) >= 11 is 1.79. The van der Waals surface area contributed by atoms with Crippen molar-refractivity contribution >= 4 is 17.7 Å². The van der Waals surface area contributed by atoms with Gasteiger partial charge in [-0.15, -0.1) is 11.8 Å². The van der Waals surface area contributed by atoms with Crippen LogP contribution in [0.15, 0.2) is 75.4 Å². The number of nitrogens with one attached hydrogen (secondary N) is 2. The van der Waals surface area contributed by atoms with Gasteiger partial charge in [0.2, 0.25) is 0 Å². The van der Waals surface area contributed by atoms with Gasteiger partial charge < -0.3 is 20.2 Å². The van der Waals surface area contributed by atoms with E-state index in [4.69, 9.17) is 4.42 Å². The van der Waals surface area contributed by atoms with E-state index < -0.39 is 5.60 Å². The lowest BCUT2D eigenvalue weighted by Crippen LogP contribution is -2.40. The first-order valence-corrected chi connectivity index (χ1v) is 11.0. The maximum Gasteiger partial charge on any atom is 0.191 e. The minimum Gasteiger partial charge on any atom is -0.469 e. The molecule has 30 heavy (non-hydrogen) atoms. The second-order valence-electron chi connectivity index (χ2n) is 7.19. The zero-order valence-corrected chi connectivity index (χ0v) is 18.2. The number of guanidine groups is 1. The average molecular weight is 428 g/mol. The predicted molar refractivity (Wildman–Crippen MR) is 121 cm³/mol. The van der Waals surface area contributed by atoms with E-state index in [1.807, 2.05) is 43.6 Å². The highest BCUT2D eigenvalue weighted by Gasteiger charge is 2.24. The molecule has 0 aliphatic heterocycles. The Morgan fingerprint density at radius 1 is 1.20 bits per heavy atom. The van der Waals surface area contributed by atoms with Crippen molar-refractivity contribution in [3.8, 4) is 0 Å². The molecule has 2 heterocycles. The van der Waals surface area contributed by atoms with Crippen LogP contribution in [0.2, 0.25) is 0 Å². The number of aliphatic hydroxyl groups is 1. The van der Waals surface area contributed by atoms with Gasteiger partial charge in [-0.1, -0.05) is 18.2 Å². The number of nitrogens with zero attached hydrogens (tertiary/aromatic N) is 3. The molecule has 3 rings (SSSR count). The van der Waals surface area contributed by atoms with Gasteiger partial charge in [-0.25, -0.2) is 4.99 Å². The molecule has 0 fully saturated rings. The number of thioether (sulfide) groups is 1. The first-order chi connectivity index (χ1) is 14.5. The summed E-state index contributed by atoms with van der Waals surface area (Å²) in [6.45, 7) is 3.40. The number of hydrogen-bond acceptors (Lipinski definition) is 5. The number of hydrogen-bond donors (Lipinski definition) is 3. The minimum atomic E-state index is -1.09. The number of aromatic nitrogens is 2. The molecule has 0 amide bonds. The molecule has 0 saturated heterocycles. The SMILES string of the molecule is Cn1cc(C(C)(O)CN=C(NCCSc2ccccc2)NCCc2ccco2)cn1. The van der Waals surface area contributed by atoms with Gasteiger partial charge in [0, 0.05) is 49.0 Å². The third kappa shape index (κ3) is 6.96. The quantitative estimate of drug-likeness (QED) is 0.200. The topological polar surface area (TPSA) is 87.6 Å².